The highest BCUT2D eigenvalue weighted by atomic mass is 35.5. The van der Waals surface area contributed by atoms with Crippen LogP contribution in [0.2, 0.25) is 5.02 Å². The number of carboxylic acids is 1. The SMILES string of the molecule is Cc1cc(Cl)ccc1O[C@H](C)C(=O)N1CCO[C@@H](C(=O)O)C1. The molecule has 1 amide bonds. The molecule has 1 aromatic rings. The number of nitrogens with zero attached hydrogens (tertiary/aromatic N) is 1. The molecule has 0 radical (unpaired) electrons. The third-order valence-corrected chi connectivity index (χ3v) is 3.68. The monoisotopic (exact) mass is 327 g/mol. The fraction of sp³-hybridized carbons (Fsp3) is 0.467. The van der Waals surface area contributed by atoms with E-state index in [1.54, 1.807) is 25.1 Å². The highest BCUT2D eigenvalue weighted by Crippen LogP contribution is 2.23. The molecule has 0 spiro atoms. The van der Waals surface area contributed by atoms with E-state index in [0.717, 1.165) is 5.56 Å². The van der Waals surface area contributed by atoms with Crippen molar-refractivity contribution in [3.63, 3.8) is 0 Å². The van der Waals surface area contributed by atoms with Crippen LogP contribution in [-0.2, 0) is 14.3 Å². The van der Waals surface area contributed by atoms with Crippen LogP contribution in [-0.4, -0.2) is 53.8 Å². The van der Waals surface area contributed by atoms with Gasteiger partial charge in [0.2, 0.25) is 0 Å². The normalized spacial score (nSPS) is 19.6. The Labute approximate surface area is 133 Å². The number of halogens is 1. The molecule has 0 unspecified atom stereocenters. The van der Waals surface area contributed by atoms with Gasteiger partial charge in [-0.15, -0.1) is 0 Å². The maximum Gasteiger partial charge on any atom is 0.334 e. The molecule has 120 valence electrons. The molecule has 6 nitrogen and oxygen atoms in total. The molecule has 1 fully saturated rings. The average Bonchev–Trinajstić information content (AvgIpc) is 2.49. The van der Waals surface area contributed by atoms with E-state index in [1.165, 1.54) is 4.90 Å². The summed E-state index contributed by atoms with van der Waals surface area (Å²) < 4.78 is 10.8. The first-order chi connectivity index (χ1) is 10.4. The molecule has 2 atom stereocenters. The van der Waals surface area contributed by atoms with Crippen molar-refractivity contribution in [2.45, 2.75) is 26.1 Å². The number of aryl methyl sites for hydroxylation is 1. The number of carbonyl (C=O) groups is 2. The molecule has 1 aliphatic rings. The fourth-order valence-electron chi connectivity index (χ4n) is 2.24. The lowest BCUT2D eigenvalue weighted by atomic mass is 10.2. The van der Waals surface area contributed by atoms with Crippen molar-refractivity contribution in [2.24, 2.45) is 0 Å². The number of hydrogen-bond acceptors (Lipinski definition) is 4. The summed E-state index contributed by atoms with van der Waals surface area (Å²) in [7, 11) is 0. The Morgan fingerprint density at radius 1 is 1.50 bits per heavy atom. The molecule has 7 heteroatoms. The van der Waals surface area contributed by atoms with Crippen LogP contribution in [0.5, 0.6) is 5.75 Å². The minimum Gasteiger partial charge on any atom is -0.481 e. The summed E-state index contributed by atoms with van der Waals surface area (Å²) >= 11 is 5.88. The molecule has 0 bridgehead atoms. The van der Waals surface area contributed by atoms with Gasteiger partial charge in [-0.3, -0.25) is 4.79 Å². The highest BCUT2D eigenvalue weighted by Gasteiger charge is 2.31. The van der Waals surface area contributed by atoms with E-state index < -0.39 is 18.2 Å². The summed E-state index contributed by atoms with van der Waals surface area (Å²) in [6.07, 6.45) is -1.70. The predicted octanol–water partition coefficient (Wildman–Crippen LogP) is 1.73. The first-order valence-electron chi connectivity index (χ1n) is 6.94. The van der Waals surface area contributed by atoms with Gasteiger partial charge < -0.3 is 19.5 Å². The van der Waals surface area contributed by atoms with Gasteiger partial charge in [-0.2, -0.15) is 0 Å². The molecule has 1 aromatic carbocycles. The zero-order valence-corrected chi connectivity index (χ0v) is 13.2. The van der Waals surface area contributed by atoms with Crippen molar-refractivity contribution in [3.05, 3.63) is 28.8 Å². The van der Waals surface area contributed by atoms with E-state index in [0.29, 0.717) is 17.3 Å². The Kier molecular flexibility index (Phi) is 5.26. The lowest BCUT2D eigenvalue weighted by Gasteiger charge is -2.32. The van der Waals surface area contributed by atoms with Crippen LogP contribution in [0.4, 0.5) is 0 Å². The minimum absolute atomic E-state index is 0.0292. The van der Waals surface area contributed by atoms with Crippen molar-refractivity contribution in [2.75, 3.05) is 19.7 Å². The second-order valence-corrected chi connectivity index (χ2v) is 5.59. The van der Waals surface area contributed by atoms with Crippen LogP contribution < -0.4 is 4.74 Å². The Bertz CT molecular complexity index is 577. The number of benzene rings is 1. The molecule has 0 aliphatic carbocycles. The summed E-state index contributed by atoms with van der Waals surface area (Å²) in [5.41, 5.74) is 0.831. The van der Waals surface area contributed by atoms with Gasteiger partial charge in [-0.25, -0.2) is 4.79 Å². The summed E-state index contributed by atoms with van der Waals surface area (Å²) in [5.74, 6) is -0.753. The van der Waals surface area contributed by atoms with E-state index in [1.807, 2.05) is 6.92 Å². The second-order valence-electron chi connectivity index (χ2n) is 5.15. The van der Waals surface area contributed by atoms with Gasteiger partial charge in [0.15, 0.2) is 12.2 Å². The van der Waals surface area contributed by atoms with Crippen LogP contribution >= 0.6 is 11.6 Å². The number of ether oxygens (including phenoxy) is 2. The summed E-state index contributed by atoms with van der Waals surface area (Å²) in [6.45, 7) is 4.07. The molecular formula is C15H18ClNO5. The van der Waals surface area contributed by atoms with E-state index in [2.05, 4.69) is 0 Å². The number of amides is 1. The molecule has 0 saturated carbocycles. The van der Waals surface area contributed by atoms with Crippen LogP contribution in [0, 0.1) is 6.92 Å². The number of rotatable bonds is 4. The van der Waals surface area contributed by atoms with E-state index in [9.17, 15) is 9.59 Å². The lowest BCUT2D eigenvalue weighted by molar-refractivity contribution is -0.161. The summed E-state index contributed by atoms with van der Waals surface area (Å²) in [4.78, 5) is 24.8. The molecule has 2 rings (SSSR count). The minimum atomic E-state index is -1.07. The number of aliphatic carboxylic acids is 1. The molecular weight excluding hydrogens is 310 g/mol. The molecule has 1 aliphatic heterocycles. The number of morpholine rings is 1. The number of carbonyl (C=O) groups excluding carboxylic acids is 1. The maximum atomic E-state index is 12.4. The molecule has 1 heterocycles. The first-order valence-corrected chi connectivity index (χ1v) is 7.32. The van der Waals surface area contributed by atoms with Crippen LogP contribution in [0.25, 0.3) is 0 Å². The van der Waals surface area contributed by atoms with Crippen LogP contribution in [0.15, 0.2) is 18.2 Å². The van der Waals surface area contributed by atoms with Crippen molar-refractivity contribution < 1.29 is 24.2 Å². The summed E-state index contributed by atoms with van der Waals surface area (Å²) in [5, 5.41) is 9.57. The number of carboxylic acid groups (broad SMARTS) is 1. The Hall–Kier alpha value is -1.79. The van der Waals surface area contributed by atoms with Gasteiger partial charge in [0.05, 0.1) is 13.2 Å². The predicted molar refractivity (Wildman–Crippen MR) is 80.2 cm³/mol. The zero-order valence-electron chi connectivity index (χ0n) is 12.4. The smallest absolute Gasteiger partial charge is 0.334 e. The Balaban J connectivity index is 2.01. The third kappa shape index (κ3) is 3.90. The van der Waals surface area contributed by atoms with Gasteiger partial charge in [-0.05, 0) is 37.6 Å². The standard InChI is InChI=1S/C15H18ClNO5/c1-9-7-11(16)3-4-12(9)22-10(2)14(18)17-5-6-21-13(8-17)15(19)20/h3-4,7,10,13H,5-6,8H2,1-2H3,(H,19,20)/t10-,13-/m1/s1. The fourth-order valence-corrected chi connectivity index (χ4v) is 2.47. The van der Waals surface area contributed by atoms with E-state index in [-0.39, 0.29) is 19.1 Å². The van der Waals surface area contributed by atoms with E-state index in [4.69, 9.17) is 26.2 Å². The van der Waals surface area contributed by atoms with Gasteiger partial charge >= 0.3 is 5.97 Å². The molecule has 0 aromatic heterocycles. The van der Waals surface area contributed by atoms with Crippen molar-refractivity contribution in [1.29, 1.82) is 0 Å². The topological polar surface area (TPSA) is 76.1 Å². The first kappa shape index (κ1) is 16.6. The third-order valence-electron chi connectivity index (χ3n) is 3.44. The Morgan fingerprint density at radius 3 is 2.86 bits per heavy atom. The van der Waals surface area contributed by atoms with Crippen molar-refractivity contribution in [3.8, 4) is 5.75 Å². The zero-order chi connectivity index (χ0) is 16.3. The Morgan fingerprint density at radius 2 is 2.23 bits per heavy atom. The van der Waals surface area contributed by atoms with Crippen molar-refractivity contribution >= 4 is 23.5 Å². The quantitative estimate of drug-likeness (QED) is 0.911. The highest BCUT2D eigenvalue weighted by molar-refractivity contribution is 6.30. The van der Waals surface area contributed by atoms with Crippen LogP contribution in [0.1, 0.15) is 12.5 Å². The van der Waals surface area contributed by atoms with Gasteiger partial charge in [0.25, 0.3) is 5.91 Å². The number of hydrogen-bond donors (Lipinski definition) is 1. The largest absolute Gasteiger partial charge is 0.481 e. The molecule has 1 saturated heterocycles. The van der Waals surface area contributed by atoms with Crippen LogP contribution in [0.3, 0.4) is 0 Å². The van der Waals surface area contributed by atoms with Gasteiger partial charge in [-0.1, -0.05) is 11.6 Å². The lowest BCUT2D eigenvalue weighted by Crippen LogP contribution is -2.51. The molecule has 1 N–H and O–H groups in total. The maximum absolute atomic E-state index is 12.4. The van der Waals surface area contributed by atoms with Gasteiger partial charge in [0.1, 0.15) is 5.75 Å². The molecule has 22 heavy (non-hydrogen) atoms. The average molecular weight is 328 g/mol. The van der Waals surface area contributed by atoms with Gasteiger partial charge in [0, 0.05) is 11.6 Å². The second kappa shape index (κ2) is 6.98. The van der Waals surface area contributed by atoms with E-state index >= 15 is 0 Å². The van der Waals surface area contributed by atoms with Crippen molar-refractivity contribution in [1.82, 2.24) is 4.90 Å². The summed E-state index contributed by atoms with van der Waals surface area (Å²) in [6, 6.07) is 5.15.